The molecule has 1 atom stereocenters. The summed E-state index contributed by atoms with van der Waals surface area (Å²) in [6.45, 7) is 0. The zero-order chi connectivity index (χ0) is 17.2. The summed E-state index contributed by atoms with van der Waals surface area (Å²) in [5, 5.41) is 17.4. The number of nitro groups is 1. The van der Waals surface area contributed by atoms with Crippen LogP contribution in [0, 0.1) is 10.1 Å². The van der Waals surface area contributed by atoms with E-state index in [4.69, 9.17) is 0 Å². The van der Waals surface area contributed by atoms with Crippen LogP contribution in [-0.4, -0.2) is 15.4 Å². The predicted octanol–water partition coefficient (Wildman–Crippen LogP) is 3.01. The Morgan fingerprint density at radius 3 is 2.72 bits per heavy atom. The summed E-state index contributed by atoms with van der Waals surface area (Å²) in [5.74, 6) is -0.252. The number of amides is 1. The van der Waals surface area contributed by atoms with E-state index in [1.54, 1.807) is 6.07 Å². The molecular formula is C18H12N4O3. The fraction of sp³-hybridized carbons (Fsp3) is 0.0556. The van der Waals surface area contributed by atoms with Gasteiger partial charge in [0.2, 0.25) is 0 Å². The van der Waals surface area contributed by atoms with E-state index < -0.39 is 10.5 Å². The smallest absolute Gasteiger partial charge is 0.269 e. The Bertz CT molecular complexity index is 1070. The average Bonchev–Trinajstić information content (AvgIpc) is 3.20. The first kappa shape index (κ1) is 13.8. The van der Waals surface area contributed by atoms with E-state index in [9.17, 15) is 14.9 Å². The van der Waals surface area contributed by atoms with Gasteiger partial charge in [0.05, 0.1) is 22.0 Å². The lowest BCUT2D eigenvalue weighted by Gasteiger charge is -2.36. The molecule has 122 valence electrons. The quantitative estimate of drug-likeness (QED) is 0.529. The highest BCUT2D eigenvalue weighted by Crippen LogP contribution is 2.48. The molecule has 0 aliphatic carbocycles. The maximum atomic E-state index is 13.0. The molecule has 2 aromatic carbocycles. The zero-order valence-corrected chi connectivity index (χ0v) is 12.9. The van der Waals surface area contributed by atoms with E-state index >= 15 is 0 Å². The molecule has 0 fully saturated rings. The van der Waals surface area contributed by atoms with Gasteiger partial charge in [-0.1, -0.05) is 12.1 Å². The number of aromatic nitrogens is 1. The van der Waals surface area contributed by atoms with Gasteiger partial charge in [-0.3, -0.25) is 14.9 Å². The lowest BCUT2D eigenvalue weighted by molar-refractivity contribution is -0.384. The molecule has 1 amide bonds. The van der Waals surface area contributed by atoms with Crippen LogP contribution in [0.25, 0.3) is 5.69 Å². The summed E-state index contributed by atoms with van der Waals surface area (Å²) in [5.41, 5.74) is 2.34. The normalized spacial score (nSPS) is 19.6. The maximum Gasteiger partial charge on any atom is 0.269 e. The first-order valence-electron chi connectivity index (χ1n) is 7.77. The van der Waals surface area contributed by atoms with Gasteiger partial charge >= 0.3 is 0 Å². The highest BCUT2D eigenvalue weighted by Gasteiger charge is 2.53. The molecule has 1 aromatic heterocycles. The van der Waals surface area contributed by atoms with Gasteiger partial charge in [-0.25, -0.2) is 0 Å². The maximum absolute atomic E-state index is 13.0. The molecule has 1 spiro atoms. The molecule has 3 aromatic rings. The third kappa shape index (κ3) is 1.61. The number of hydrogen-bond donors (Lipinski definition) is 2. The van der Waals surface area contributed by atoms with Gasteiger partial charge < -0.3 is 15.2 Å². The summed E-state index contributed by atoms with van der Waals surface area (Å²) >= 11 is 0. The van der Waals surface area contributed by atoms with E-state index in [0.717, 1.165) is 17.1 Å². The minimum absolute atomic E-state index is 0.0478. The van der Waals surface area contributed by atoms with Gasteiger partial charge in [0, 0.05) is 29.6 Å². The van der Waals surface area contributed by atoms with Crippen LogP contribution >= 0.6 is 0 Å². The van der Waals surface area contributed by atoms with Crippen molar-refractivity contribution in [1.29, 1.82) is 0 Å². The lowest BCUT2D eigenvalue weighted by atomic mass is 9.85. The molecule has 3 heterocycles. The van der Waals surface area contributed by atoms with Gasteiger partial charge in [0.1, 0.15) is 0 Å². The summed E-state index contributed by atoms with van der Waals surface area (Å²) < 4.78 is 1.94. The number of nitro benzene ring substituents is 1. The third-order valence-corrected chi connectivity index (χ3v) is 4.83. The Kier molecular flexibility index (Phi) is 2.47. The summed E-state index contributed by atoms with van der Waals surface area (Å²) in [6.07, 6.45) is 1.89. The molecule has 0 saturated heterocycles. The number of carbonyl (C=O) groups excluding carboxylic acids is 1. The van der Waals surface area contributed by atoms with E-state index in [1.165, 1.54) is 12.1 Å². The molecule has 7 nitrogen and oxygen atoms in total. The van der Waals surface area contributed by atoms with Gasteiger partial charge in [-0.05, 0) is 30.3 Å². The van der Waals surface area contributed by atoms with Gasteiger partial charge in [-0.15, -0.1) is 0 Å². The Morgan fingerprint density at radius 2 is 1.88 bits per heavy atom. The molecule has 7 heteroatoms. The van der Waals surface area contributed by atoms with Gasteiger partial charge in [-0.2, -0.15) is 0 Å². The second kappa shape index (κ2) is 4.47. The average molecular weight is 332 g/mol. The molecular weight excluding hydrogens is 320 g/mol. The van der Waals surface area contributed by atoms with E-state index in [2.05, 4.69) is 10.6 Å². The molecule has 0 radical (unpaired) electrons. The number of nitrogens with one attached hydrogen (secondary N) is 2. The number of carbonyl (C=O) groups is 1. The molecule has 2 N–H and O–H groups in total. The minimum Gasteiger partial charge on any atom is -0.361 e. The van der Waals surface area contributed by atoms with E-state index in [1.807, 2.05) is 47.2 Å². The fourth-order valence-corrected chi connectivity index (χ4v) is 3.73. The van der Waals surface area contributed by atoms with Crippen molar-refractivity contribution < 1.29 is 9.72 Å². The number of fused-ring (bicyclic) bond motifs is 6. The highest BCUT2D eigenvalue weighted by molar-refractivity contribution is 6.11. The number of anilines is 2. The monoisotopic (exact) mass is 332 g/mol. The minimum atomic E-state index is -1.20. The van der Waals surface area contributed by atoms with Crippen LogP contribution in [0.5, 0.6) is 0 Å². The van der Waals surface area contributed by atoms with Crippen molar-refractivity contribution in [2.75, 3.05) is 10.6 Å². The van der Waals surface area contributed by atoms with Crippen molar-refractivity contribution in [1.82, 2.24) is 4.57 Å². The molecule has 0 bridgehead atoms. The van der Waals surface area contributed by atoms with Crippen molar-refractivity contribution in [3.63, 3.8) is 0 Å². The third-order valence-electron chi connectivity index (χ3n) is 4.83. The first-order chi connectivity index (χ1) is 12.1. The SMILES string of the molecule is O=C1Nc2ccc([N+](=O)[O-])cc2C12Nc1ccccc1-n1cccc12. The van der Waals surface area contributed by atoms with Crippen molar-refractivity contribution in [2.45, 2.75) is 5.54 Å². The number of benzene rings is 2. The standard InChI is InChI=1S/C18H12N4O3/c23-17-18(12-10-11(22(24)25)7-8-13(12)19-17)16-6-3-9-21(16)15-5-2-1-4-14(15)20-18/h1-10,20H,(H,19,23). The van der Waals surface area contributed by atoms with Crippen LogP contribution in [0.1, 0.15) is 11.3 Å². The number of nitrogens with zero attached hydrogens (tertiary/aromatic N) is 2. The predicted molar refractivity (Wildman–Crippen MR) is 91.9 cm³/mol. The van der Waals surface area contributed by atoms with Crippen LogP contribution in [0.2, 0.25) is 0 Å². The molecule has 0 saturated carbocycles. The second-order valence-electron chi connectivity index (χ2n) is 6.10. The number of non-ortho nitro benzene ring substituents is 1. The molecule has 2 aliphatic rings. The van der Waals surface area contributed by atoms with Crippen LogP contribution in [0.15, 0.2) is 60.8 Å². The van der Waals surface area contributed by atoms with Crippen molar-refractivity contribution in [2.24, 2.45) is 0 Å². The Labute approximate surface area is 142 Å². The Hall–Kier alpha value is -3.61. The second-order valence-corrected chi connectivity index (χ2v) is 6.10. The van der Waals surface area contributed by atoms with Crippen LogP contribution < -0.4 is 10.6 Å². The van der Waals surface area contributed by atoms with E-state index in [-0.39, 0.29) is 11.6 Å². The Balaban J connectivity index is 1.83. The summed E-state index contributed by atoms with van der Waals surface area (Å²) in [4.78, 5) is 23.8. The molecule has 25 heavy (non-hydrogen) atoms. The summed E-state index contributed by atoms with van der Waals surface area (Å²) in [6, 6.07) is 15.8. The van der Waals surface area contributed by atoms with Crippen LogP contribution in [0.4, 0.5) is 17.1 Å². The number of para-hydroxylation sites is 2. The molecule has 1 unspecified atom stereocenters. The lowest BCUT2D eigenvalue weighted by Crippen LogP contribution is -2.47. The van der Waals surface area contributed by atoms with Crippen molar-refractivity contribution in [3.05, 3.63) is 82.2 Å². The zero-order valence-electron chi connectivity index (χ0n) is 12.9. The van der Waals surface area contributed by atoms with Crippen molar-refractivity contribution in [3.8, 4) is 5.69 Å². The fourth-order valence-electron chi connectivity index (χ4n) is 3.73. The summed E-state index contributed by atoms with van der Waals surface area (Å²) in [7, 11) is 0. The Morgan fingerprint density at radius 1 is 1.04 bits per heavy atom. The number of hydrogen-bond acceptors (Lipinski definition) is 4. The van der Waals surface area contributed by atoms with Crippen LogP contribution in [0.3, 0.4) is 0 Å². The topological polar surface area (TPSA) is 89.2 Å². The molecule has 5 rings (SSSR count). The highest BCUT2D eigenvalue weighted by atomic mass is 16.6. The largest absolute Gasteiger partial charge is 0.361 e. The molecule has 2 aliphatic heterocycles. The van der Waals surface area contributed by atoms with Gasteiger partial charge in [0.15, 0.2) is 5.54 Å². The number of rotatable bonds is 1. The van der Waals surface area contributed by atoms with Crippen LogP contribution in [-0.2, 0) is 10.3 Å². The first-order valence-corrected chi connectivity index (χ1v) is 7.77. The van der Waals surface area contributed by atoms with Crippen molar-refractivity contribution >= 4 is 23.0 Å². The van der Waals surface area contributed by atoms with Gasteiger partial charge in [0.25, 0.3) is 11.6 Å². The van der Waals surface area contributed by atoms with E-state index in [0.29, 0.717) is 11.3 Å².